The zero-order valence-electron chi connectivity index (χ0n) is 14.3. The summed E-state index contributed by atoms with van der Waals surface area (Å²) in [4.78, 5) is 2.48. The van der Waals surface area contributed by atoms with Crippen LogP contribution in [0.5, 0.6) is 0 Å². The molecule has 0 unspecified atom stereocenters. The van der Waals surface area contributed by atoms with Crippen molar-refractivity contribution in [1.29, 1.82) is 0 Å². The van der Waals surface area contributed by atoms with E-state index in [-0.39, 0.29) is 0 Å². The van der Waals surface area contributed by atoms with Crippen molar-refractivity contribution in [2.24, 2.45) is 0 Å². The quantitative estimate of drug-likeness (QED) is 0.319. The van der Waals surface area contributed by atoms with E-state index in [4.69, 9.17) is 0 Å². The van der Waals surface area contributed by atoms with Crippen LogP contribution in [0.3, 0.4) is 0 Å². The second-order valence-corrected chi connectivity index (χ2v) is 8.04. The van der Waals surface area contributed by atoms with Gasteiger partial charge in [-0.05, 0) is 42.0 Å². The van der Waals surface area contributed by atoms with Crippen LogP contribution in [0.2, 0.25) is 0 Å². The molecule has 3 rings (SSSR count). The third-order valence-corrected chi connectivity index (χ3v) is 6.29. The third kappa shape index (κ3) is 4.52. The van der Waals surface area contributed by atoms with Crippen LogP contribution in [0, 0.1) is 0 Å². The average Bonchev–Trinajstić information content (AvgIpc) is 2.63. The van der Waals surface area contributed by atoms with E-state index < -0.39 is 34.7 Å². The lowest BCUT2D eigenvalue weighted by Crippen LogP contribution is -2.34. The van der Waals surface area contributed by atoms with Gasteiger partial charge in [-0.25, -0.2) is 0 Å². The van der Waals surface area contributed by atoms with E-state index >= 15 is 0 Å². The standard InChI is InChI=1S/C21H15F6S/c22-20(23,24)19(21(25,26)27)15-11-13-18(14-12-15)28(16-7-3-1-4-8-16)17-9-5-2-6-10-17/h1-14,19H/q+1. The fourth-order valence-electron chi connectivity index (χ4n) is 2.88. The Morgan fingerprint density at radius 3 is 1.21 bits per heavy atom. The molecule has 3 aromatic carbocycles. The monoisotopic (exact) mass is 413 g/mol. The Morgan fingerprint density at radius 1 is 0.500 bits per heavy atom. The largest absolute Gasteiger partial charge is 0.404 e. The topological polar surface area (TPSA) is 0 Å². The predicted molar refractivity (Wildman–Crippen MR) is 96.3 cm³/mol. The van der Waals surface area contributed by atoms with Crippen molar-refractivity contribution < 1.29 is 26.3 Å². The zero-order valence-corrected chi connectivity index (χ0v) is 15.2. The van der Waals surface area contributed by atoms with Crippen LogP contribution in [0.1, 0.15) is 11.5 Å². The molecule has 0 saturated carbocycles. The van der Waals surface area contributed by atoms with Crippen LogP contribution in [-0.4, -0.2) is 12.4 Å². The Bertz CT molecular complexity index is 833. The molecule has 0 heterocycles. The first-order chi connectivity index (χ1) is 13.2. The first-order valence-corrected chi connectivity index (χ1v) is 9.48. The molecule has 0 aromatic heterocycles. The number of hydrogen-bond acceptors (Lipinski definition) is 0. The van der Waals surface area contributed by atoms with E-state index in [0.29, 0.717) is 4.90 Å². The Kier molecular flexibility index (Phi) is 5.74. The van der Waals surface area contributed by atoms with Crippen molar-refractivity contribution >= 4 is 10.9 Å². The average molecular weight is 413 g/mol. The van der Waals surface area contributed by atoms with E-state index in [1.54, 1.807) is 0 Å². The van der Waals surface area contributed by atoms with Crippen molar-refractivity contribution in [2.75, 3.05) is 0 Å². The first kappa shape index (κ1) is 20.3. The highest BCUT2D eigenvalue weighted by Gasteiger charge is 2.57. The summed E-state index contributed by atoms with van der Waals surface area (Å²) < 4.78 is 77.8. The number of benzene rings is 3. The molecule has 0 aliphatic rings. The molecule has 28 heavy (non-hydrogen) atoms. The highest BCUT2D eigenvalue weighted by atomic mass is 32.2. The van der Waals surface area contributed by atoms with E-state index in [2.05, 4.69) is 0 Å². The van der Waals surface area contributed by atoms with Crippen LogP contribution in [0.25, 0.3) is 0 Å². The Balaban J connectivity index is 2.04. The highest BCUT2D eigenvalue weighted by molar-refractivity contribution is 7.97. The summed E-state index contributed by atoms with van der Waals surface area (Å²) in [6.45, 7) is 0. The minimum absolute atomic E-state index is 0.641. The van der Waals surface area contributed by atoms with Gasteiger partial charge in [0.2, 0.25) is 0 Å². The molecule has 0 spiro atoms. The van der Waals surface area contributed by atoms with Crippen molar-refractivity contribution in [3.8, 4) is 0 Å². The molecular weight excluding hydrogens is 398 g/mol. The van der Waals surface area contributed by atoms with Gasteiger partial charge in [-0.15, -0.1) is 0 Å². The van der Waals surface area contributed by atoms with Gasteiger partial charge in [-0.2, -0.15) is 26.3 Å². The van der Waals surface area contributed by atoms with E-state index in [0.717, 1.165) is 21.9 Å². The van der Waals surface area contributed by atoms with Crippen molar-refractivity contribution in [3.63, 3.8) is 0 Å². The molecule has 0 bridgehead atoms. The predicted octanol–water partition coefficient (Wildman–Crippen LogP) is 6.99. The Labute approximate surface area is 161 Å². The lowest BCUT2D eigenvalue weighted by atomic mass is 9.98. The minimum Gasteiger partial charge on any atom is -0.170 e. The lowest BCUT2D eigenvalue weighted by molar-refractivity contribution is -0.253. The van der Waals surface area contributed by atoms with E-state index in [1.807, 2.05) is 60.7 Å². The number of halogens is 6. The van der Waals surface area contributed by atoms with Gasteiger partial charge in [-0.3, -0.25) is 0 Å². The molecule has 0 atom stereocenters. The summed E-state index contributed by atoms with van der Waals surface area (Å²) in [5.41, 5.74) is -0.812. The first-order valence-electron chi connectivity index (χ1n) is 8.26. The third-order valence-electron chi connectivity index (χ3n) is 4.06. The van der Waals surface area contributed by atoms with Crippen LogP contribution in [0.15, 0.2) is 99.6 Å². The highest BCUT2D eigenvalue weighted by Crippen LogP contribution is 2.46. The Morgan fingerprint density at radius 2 is 0.857 bits per heavy atom. The Hall–Kier alpha value is -2.41. The molecule has 0 aliphatic carbocycles. The SMILES string of the molecule is FC(F)(F)C(c1ccc([S+](c2ccccc2)c2ccccc2)cc1)C(F)(F)F. The van der Waals surface area contributed by atoms with Gasteiger partial charge < -0.3 is 0 Å². The van der Waals surface area contributed by atoms with Gasteiger partial charge in [-0.1, -0.05) is 48.5 Å². The van der Waals surface area contributed by atoms with Gasteiger partial charge in [0.15, 0.2) is 20.6 Å². The normalized spacial score (nSPS) is 12.6. The fraction of sp³-hybridized carbons (Fsp3) is 0.143. The summed E-state index contributed by atoms with van der Waals surface area (Å²) in [6.07, 6.45) is -10.8. The second kappa shape index (κ2) is 7.91. The van der Waals surface area contributed by atoms with Crippen molar-refractivity contribution in [3.05, 3.63) is 90.5 Å². The number of hydrogen-bond donors (Lipinski definition) is 0. The molecule has 7 heteroatoms. The summed E-state index contributed by atoms with van der Waals surface area (Å²) in [5.74, 6) is -3.50. The van der Waals surface area contributed by atoms with Gasteiger partial charge >= 0.3 is 12.4 Å². The molecule has 0 aliphatic heterocycles. The van der Waals surface area contributed by atoms with Crippen LogP contribution in [0.4, 0.5) is 26.3 Å². The summed E-state index contributed by atoms with van der Waals surface area (Å²) in [6, 6.07) is 23.2. The molecule has 0 radical (unpaired) electrons. The maximum atomic E-state index is 13.0. The second-order valence-electron chi connectivity index (χ2n) is 6.02. The fourth-order valence-corrected chi connectivity index (χ4v) is 4.96. The molecule has 0 fully saturated rings. The van der Waals surface area contributed by atoms with Crippen molar-refractivity contribution in [2.45, 2.75) is 33.0 Å². The maximum absolute atomic E-state index is 13.0. The smallest absolute Gasteiger partial charge is 0.170 e. The van der Waals surface area contributed by atoms with Gasteiger partial charge in [0.05, 0.1) is 10.9 Å². The van der Waals surface area contributed by atoms with Crippen LogP contribution < -0.4 is 0 Å². The zero-order chi connectivity index (χ0) is 20.4. The molecule has 3 aromatic rings. The summed E-state index contributed by atoms with van der Waals surface area (Å²) in [5, 5.41) is 0. The van der Waals surface area contributed by atoms with Crippen molar-refractivity contribution in [1.82, 2.24) is 0 Å². The molecule has 0 nitrogen and oxygen atoms in total. The molecule has 146 valence electrons. The summed E-state index contributed by atoms with van der Waals surface area (Å²) in [7, 11) is -0.641. The lowest BCUT2D eigenvalue weighted by Gasteiger charge is -2.23. The minimum atomic E-state index is -5.40. The molecule has 0 saturated heterocycles. The number of alkyl halides is 6. The molecule has 0 amide bonds. The van der Waals surface area contributed by atoms with Gasteiger partial charge in [0, 0.05) is 0 Å². The molecular formula is C21H15F6S+. The molecule has 0 N–H and O–H groups in total. The van der Waals surface area contributed by atoms with Crippen LogP contribution in [-0.2, 0) is 10.9 Å². The van der Waals surface area contributed by atoms with E-state index in [9.17, 15) is 26.3 Å². The summed E-state index contributed by atoms with van der Waals surface area (Å²) >= 11 is 0. The number of rotatable bonds is 4. The maximum Gasteiger partial charge on any atom is 0.404 e. The van der Waals surface area contributed by atoms with Crippen LogP contribution >= 0.6 is 0 Å². The van der Waals surface area contributed by atoms with Gasteiger partial charge in [0.1, 0.15) is 0 Å². The van der Waals surface area contributed by atoms with E-state index in [1.165, 1.54) is 12.1 Å². The van der Waals surface area contributed by atoms with Gasteiger partial charge in [0.25, 0.3) is 0 Å².